The first-order valence-electron chi connectivity index (χ1n) is 15.1. The van der Waals surface area contributed by atoms with Crippen molar-refractivity contribution in [1.29, 1.82) is 0 Å². The van der Waals surface area contributed by atoms with Crippen molar-refractivity contribution in [2.45, 2.75) is 82.1 Å². The van der Waals surface area contributed by atoms with E-state index in [1.807, 2.05) is 12.2 Å². The molecule has 2 N–H and O–H groups in total. The van der Waals surface area contributed by atoms with Crippen LogP contribution in [0.2, 0.25) is 5.02 Å². The van der Waals surface area contributed by atoms with Gasteiger partial charge < -0.3 is 25.2 Å². The second-order valence-electron chi connectivity index (χ2n) is 12.5. The topological polar surface area (TPSA) is 91.0 Å². The molecule has 3 unspecified atom stereocenters. The number of nitrogens with zero attached hydrogens (tertiary/aromatic N) is 2. The van der Waals surface area contributed by atoms with E-state index in [9.17, 15) is 14.4 Å². The van der Waals surface area contributed by atoms with E-state index in [2.05, 4.69) is 22.5 Å². The van der Waals surface area contributed by atoms with Gasteiger partial charge in [0.1, 0.15) is 11.6 Å². The Morgan fingerprint density at radius 3 is 2.48 bits per heavy atom. The van der Waals surface area contributed by atoms with Crippen molar-refractivity contribution in [3.05, 3.63) is 41.4 Å². The molecule has 5 aliphatic rings. The summed E-state index contributed by atoms with van der Waals surface area (Å²) in [5.41, 5.74) is -0.511. The Labute approximate surface area is 241 Å². The molecule has 4 heterocycles. The molecule has 9 heteroatoms. The number of piperidine rings is 1. The van der Waals surface area contributed by atoms with Crippen LogP contribution in [0.25, 0.3) is 0 Å². The molecular weight excluding hydrogens is 528 g/mol. The zero-order valence-corrected chi connectivity index (χ0v) is 24.1. The maximum absolute atomic E-state index is 14.1. The predicted octanol–water partition coefficient (Wildman–Crippen LogP) is 4.00. The molecule has 40 heavy (non-hydrogen) atoms. The van der Waals surface area contributed by atoms with Crippen molar-refractivity contribution < 1.29 is 19.1 Å². The lowest BCUT2D eigenvalue weighted by Gasteiger charge is -2.35. The van der Waals surface area contributed by atoms with Crippen molar-refractivity contribution in [3.8, 4) is 0 Å². The lowest BCUT2D eigenvalue weighted by molar-refractivity contribution is -0.141. The minimum atomic E-state index is -1.12. The van der Waals surface area contributed by atoms with E-state index in [1.165, 1.54) is 19.3 Å². The number of carbonyl (C=O) groups is 3. The minimum absolute atomic E-state index is 0.121. The van der Waals surface area contributed by atoms with Crippen LogP contribution in [-0.2, 0) is 19.1 Å². The highest BCUT2D eigenvalue weighted by Crippen LogP contribution is 2.55. The van der Waals surface area contributed by atoms with Crippen molar-refractivity contribution in [2.75, 3.05) is 31.5 Å². The smallest absolute Gasteiger partial charge is 0.246 e. The van der Waals surface area contributed by atoms with Gasteiger partial charge in [-0.05, 0) is 81.9 Å². The number of amides is 3. The number of nitrogens with one attached hydrogen (secondary N) is 2. The van der Waals surface area contributed by atoms with Crippen molar-refractivity contribution >= 4 is 35.0 Å². The monoisotopic (exact) mass is 568 g/mol. The van der Waals surface area contributed by atoms with Crippen LogP contribution in [0.4, 0.5) is 5.69 Å². The number of hydrogen-bond acceptors (Lipinski definition) is 5. The lowest BCUT2D eigenvalue weighted by Crippen LogP contribution is -2.56. The van der Waals surface area contributed by atoms with Crippen LogP contribution in [0, 0.1) is 17.8 Å². The summed E-state index contributed by atoms with van der Waals surface area (Å²) >= 11 is 6.01. The summed E-state index contributed by atoms with van der Waals surface area (Å²) in [6.07, 6.45) is 11.7. The Balaban J connectivity index is 1.22. The summed E-state index contributed by atoms with van der Waals surface area (Å²) in [6, 6.07) is 6.26. The molecule has 0 radical (unpaired) electrons. The number of ether oxygens (including phenoxy) is 1. The minimum Gasteiger partial charge on any atom is -0.359 e. The molecule has 1 aromatic carbocycles. The molecule has 1 spiro atoms. The van der Waals surface area contributed by atoms with E-state index in [1.54, 1.807) is 29.2 Å². The van der Waals surface area contributed by atoms with Crippen LogP contribution >= 0.6 is 11.6 Å². The quantitative estimate of drug-likeness (QED) is 0.463. The number of benzene rings is 1. The summed E-state index contributed by atoms with van der Waals surface area (Å²) in [6.45, 7) is 5.82. The molecule has 0 aromatic heterocycles. The first kappa shape index (κ1) is 27.7. The SMILES string of the molecule is CC1CCN(CCCN2C(=O)[C@@H]3C(C(=O)Nc4ccc(Cl)cc4)[C@@H]4C=CC3(O4)C2C(=O)NC2CCCCC2)CC1. The average molecular weight is 569 g/mol. The van der Waals surface area contributed by atoms with Gasteiger partial charge in [-0.25, -0.2) is 0 Å². The van der Waals surface area contributed by atoms with Crippen LogP contribution in [-0.4, -0.2) is 77.5 Å². The van der Waals surface area contributed by atoms with Crippen LogP contribution in [0.15, 0.2) is 36.4 Å². The first-order chi connectivity index (χ1) is 19.4. The second kappa shape index (κ2) is 11.5. The third-order valence-corrected chi connectivity index (χ3v) is 9.99. The Bertz CT molecular complexity index is 1140. The molecule has 3 saturated heterocycles. The molecule has 2 bridgehead atoms. The molecule has 3 amide bonds. The summed E-state index contributed by atoms with van der Waals surface area (Å²) in [7, 11) is 0. The standard InChI is InChI=1S/C31H41ClN4O4/c1-20-13-18-35(19-14-20)16-5-17-36-27(29(38)34-22-6-3-2-4-7-22)31-15-12-24(40-31)25(26(31)30(36)39)28(37)33-23-10-8-21(32)9-11-23/h8-12,15,20,22,24-27H,2-7,13-14,16-19H2,1H3,(H,33,37)(H,34,38)/t24-,25?,26-,27?,31?/m0/s1. The normalized spacial score (nSPS) is 32.5. The molecule has 1 aromatic rings. The number of carbonyl (C=O) groups excluding carboxylic acids is 3. The van der Waals surface area contributed by atoms with Crippen LogP contribution in [0.5, 0.6) is 0 Å². The summed E-state index contributed by atoms with van der Waals surface area (Å²) in [4.78, 5) is 45.9. The number of hydrogen-bond donors (Lipinski definition) is 2. The highest BCUT2D eigenvalue weighted by atomic mass is 35.5. The van der Waals surface area contributed by atoms with Gasteiger partial charge in [0.15, 0.2) is 0 Å². The first-order valence-corrected chi connectivity index (χ1v) is 15.5. The number of rotatable bonds is 8. The number of anilines is 1. The van der Waals surface area contributed by atoms with E-state index in [0.29, 0.717) is 17.3 Å². The fraction of sp³-hybridized carbons (Fsp3) is 0.645. The molecule has 4 aliphatic heterocycles. The zero-order chi connectivity index (χ0) is 27.9. The van der Waals surface area contributed by atoms with Crippen molar-refractivity contribution in [1.82, 2.24) is 15.1 Å². The van der Waals surface area contributed by atoms with Gasteiger partial charge in [-0.2, -0.15) is 0 Å². The fourth-order valence-corrected chi connectivity index (χ4v) is 7.67. The van der Waals surface area contributed by atoms with Gasteiger partial charge in [-0.3, -0.25) is 14.4 Å². The Hall–Kier alpha value is -2.42. The maximum Gasteiger partial charge on any atom is 0.246 e. The van der Waals surface area contributed by atoms with Crippen LogP contribution in [0.1, 0.15) is 58.3 Å². The van der Waals surface area contributed by atoms with Crippen molar-refractivity contribution in [3.63, 3.8) is 0 Å². The molecule has 4 fully saturated rings. The maximum atomic E-state index is 14.1. The average Bonchev–Trinajstić information content (AvgIpc) is 3.59. The van der Waals surface area contributed by atoms with E-state index >= 15 is 0 Å². The lowest BCUT2D eigenvalue weighted by atomic mass is 9.74. The molecule has 216 valence electrons. The molecule has 6 rings (SSSR count). The summed E-state index contributed by atoms with van der Waals surface area (Å²) < 4.78 is 6.48. The van der Waals surface area contributed by atoms with E-state index < -0.39 is 29.6 Å². The fourth-order valence-electron chi connectivity index (χ4n) is 7.54. The summed E-state index contributed by atoms with van der Waals surface area (Å²) in [5, 5.41) is 6.80. The van der Waals surface area contributed by atoms with Crippen LogP contribution in [0.3, 0.4) is 0 Å². The zero-order valence-electron chi connectivity index (χ0n) is 23.3. The van der Waals surface area contributed by atoms with Gasteiger partial charge in [0, 0.05) is 23.3 Å². The van der Waals surface area contributed by atoms with Crippen molar-refractivity contribution in [2.24, 2.45) is 17.8 Å². The third-order valence-electron chi connectivity index (χ3n) is 9.74. The molecule has 1 saturated carbocycles. The van der Waals surface area contributed by atoms with Gasteiger partial charge >= 0.3 is 0 Å². The molecular formula is C31H41ClN4O4. The van der Waals surface area contributed by atoms with Crippen LogP contribution < -0.4 is 10.6 Å². The van der Waals surface area contributed by atoms with Gasteiger partial charge in [0.2, 0.25) is 17.7 Å². The highest BCUT2D eigenvalue weighted by Gasteiger charge is 2.72. The number of halogens is 1. The number of fused-ring (bicyclic) bond motifs is 1. The Morgan fingerprint density at radius 2 is 1.75 bits per heavy atom. The summed E-state index contributed by atoms with van der Waals surface area (Å²) in [5.74, 6) is -1.25. The third kappa shape index (κ3) is 5.19. The second-order valence-corrected chi connectivity index (χ2v) is 12.9. The van der Waals surface area contributed by atoms with E-state index in [4.69, 9.17) is 16.3 Å². The largest absolute Gasteiger partial charge is 0.359 e. The Morgan fingerprint density at radius 1 is 1.02 bits per heavy atom. The molecule has 5 atom stereocenters. The molecule has 8 nitrogen and oxygen atoms in total. The Kier molecular flexibility index (Phi) is 7.94. The predicted molar refractivity (Wildman–Crippen MR) is 154 cm³/mol. The molecule has 1 aliphatic carbocycles. The van der Waals surface area contributed by atoms with Gasteiger partial charge in [0.05, 0.1) is 17.9 Å². The van der Waals surface area contributed by atoms with E-state index in [0.717, 1.165) is 57.7 Å². The van der Waals surface area contributed by atoms with Gasteiger partial charge in [-0.1, -0.05) is 49.9 Å². The van der Waals surface area contributed by atoms with Gasteiger partial charge in [-0.15, -0.1) is 0 Å². The number of likely N-dealkylation sites (tertiary alicyclic amines) is 2. The van der Waals surface area contributed by atoms with E-state index in [-0.39, 0.29) is 23.8 Å². The van der Waals surface area contributed by atoms with Gasteiger partial charge in [0.25, 0.3) is 0 Å². The highest BCUT2D eigenvalue weighted by molar-refractivity contribution is 6.30.